The Morgan fingerprint density at radius 3 is 2.97 bits per heavy atom. The van der Waals surface area contributed by atoms with Crippen LogP contribution in [0.5, 0.6) is 5.75 Å². The van der Waals surface area contributed by atoms with Crippen LogP contribution >= 0.6 is 0 Å². The summed E-state index contributed by atoms with van der Waals surface area (Å²) in [6.45, 7) is 4.44. The first-order valence-corrected chi connectivity index (χ1v) is 10.8. The van der Waals surface area contributed by atoms with Crippen molar-refractivity contribution in [3.8, 4) is 5.75 Å². The second-order valence-electron chi connectivity index (χ2n) is 7.84. The molecule has 4 rings (SSSR count). The molecule has 0 saturated carbocycles. The van der Waals surface area contributed by atoms with Gasteiger partial charge in [-0.3, -0.25) is 4.79 Å². The van der Waals surface area contributed by atoms with Crippen molar-refractivity contribution in [2.75, 3.05) is 30.4 Å². The standard InChI is InChI=1S/C24H29N5O2/c1-3-28(21-8-5-9-22(15-21)31-2)13-12-24(30)26-20-7-4-6-18(14-20)19-10-11-23-27-25-17-29(23)16-19/h4-9,14-15,17,19H,3,10-13,16H2,1-2H3,(H,26,30)/t19-/m0/s1. The quantitative estimate of drug-likeness (QED) is 0.600. The van der Waals surface area contributed by atoms with E-state index in [9.17, 15) is 4.79 Å². The number of aryl methyl sites for hydroxylation is 1. The average molecular weight is 420 g/mol. The lowest BCUT2D eigenvalue weighted by atomic mass is 9.91. The highest BCUT2D eigenvalue weighted by Crippen LogP contribution is 2.29. The number of nitrogens with one attached hydrogen (secondary N) is 1. The molecule has 0 unspecified atom stereocenters. The summed E-state index contributed by atoms with van der Waals surface area (Å²) in [6.07, 6.45) is 4.19. The fraction of sp³-hybridized carbons (Fsp3) is 0.375. The largest absolute Gasteiger partial charge is 0.497 e. The number of hydrogen-bond acceptors (Lipinski definition) is 5. The zero-order chi connectivity index (χ0) is 21.6. The summed E-state index contributed by atoms with van der Waals surface area (Å²) in [7, 11) is 1.66. The molecule has 1 aliphatic rings. The number of benzene rings is 2. The number of nitrogens with zero attached hydrogens (tertiary/aromatic N) is 4. The highest BCUT2D eigenvalue weighted by Gasteiger charge is 2.21. The molecule has 1 amide bonds. The van der Waals surface area contributed by atoms with Gasteiger partial charge in [-0.15, -0.1) is 10.2 Å². The lowest BCUT2D eigenvalue weighted by Gasteiger charge is -2.24. The minimum Gasteiger partial charge on any atom is -0.497 e. The van der Waals surface area contributed by atoms with Gasteiger partial charge in [-0.25, -0.2) is 0 Å². The lowest BCUT2D eigenvalue weighted by molar-refractivity contribution is -0.116. The minimum atomic E-state index is 0.0169. The van der Waals surface area contributed by atoms with Gasteiger partial charge in [0.15, 0.2) is 0 Å². The lowest BCUT2D eigenvalue weighted by Crippen LogP contribution is -2.27. The number of methoxy groups -OCH3 is 1. The number of hydrogen-bond donors (Lipinski definition) is 1. The normalized spacial score (nSPS) is 15.2. The predicted octanol–water partition coefficient (Wildman–Crippen LogP) is 3.87. The second-order valence-corrected chi connectivity index (χ2v) is 7.84. The third kappa shape index (κ3) is 5.05. The molecule has 7 heteroatoms. The van der Waals surface area contributed by atoms with Crippen molar-refractivity contribution in [3.63, 3.8) is 0 Å². The topological polar surface area (TPSA) is 72.3 Å². The summed E-state index contributed by atoms with van der Waals surface area (Å²) < 4.78 is 7.44. The summed E-state index contributed by atoms with van der Waals surface area (Å²) in [6, 6.07) is 16.1. The minimum absolute atomic E-state index is 0.0169. The molecule has 2 heterocycles. The summed E-state index contributed by atoms with van der Waals surface area (Å²) >= 11 is 0. The molecule has 1 aliphatic heterocycles. The van der Waals surface area contributed by atoms with Gasteiger partial charge in [-0.1, -0.05) is 18.2 Å². The number of carbonyl (C=O) groups excluding carboxylic acids is 1. The van der Waals surface area contributed by atoms with Crippen molar-refractivity contribution in [3.05, 3.63) is 66.2 Å². The molecule has 1 atom stereocenters. The Morgan fingerprint density at radius 2 is 2.13 bits per heavy atom. The number of carbonyl (C=O) groups is 1. The maximum atomic E-state index is 12.6. The van der Waals surface area contributed by atoms with Crippen LogP contribution in [-0.2, 0) is 17.8 Å². The SMILES string of the molecule is CCN(CCC(=O)Nc1cccc([C@H]2CCc3nncn3C2)c1)c1cccc(OC)c1. The van der Waals surface area contributed by atoms with Gasteiger partial charge in [0.2, 0.25) is 5.91 Å². The van der Waals surface area contributed by atoms with Crippen molar-refractivity contribution >= 4 is 17.3 Å². The fourth-order valence-corrected chi connectivity index (χ4v) is 4.14. The van der Waals surface area contributed by atoms with Crippen LogP contribution in [0.25, 0.3) is 0 Å². The van der Waals surface area contributed by atoms with E-state index in [1.54, 1.807) is 13.4 Å². The van der Waals surface area contributed by atoms with Crippen molar-refractivity contribution < 1.29 is 9.53 Å². The van der Waals surface area contributed by atoms with Gasteiger partial charge in [0, 0.05) is 55.8 Å². The summed E-state index contributed by atoms with van der Waals surface area (Å²) in [5, 5.41) is 11.2. The summed E-state index contributed by atoms with van der Waals surface area (Å²) in [5.41, 5.74) is 3.15. The fourth-order valence-electron chi connectivity index (χ4n) is 4.14. The second kappa shape index (κ2) is 9.64. The number of amides is 1. The molecule has 0 spiro atoms. The Kier molecular flexibility index (Phi) is 6.50. The Labute approximate surface area is 183 Å². The van der Waals surface area contributed by atoms with Crippen LogP contribution in [-0.4, -0.2) is 40.9 Å². The Morgan fingerprint density at radius 1 is 1.26 bits per heavy atom. The molecule has 162 valence electrons. The number of fused-ring (bicyclic) bond motifs is 1. The molecule has 1 aromatic heterocycles. The van der Waals surface area contributed by atoms with E-state index in [2.05, 4.69) is 44.0 Å². The van der Waals surface area contributed by atoms with Gasteiger partial charge in [0.25, 0.3) is 0 Å². The van der Waals surface area contributed by atoms with Gasteiger partial charge in [0.1, 0.15) is 17.9 Å². The molecule has 0 saturated heterocycles. The molecule has 0 aliphatic carbocycles. The predicted molar refractivity (Wildman–Crippen MR) is 122 cm³/mol. The summed E-state index contributed by atoms with van der Waals surface area (Å²) in [4.78, 5) is 14.8. The van der Waals surface area contributed by atoms with E-state index in [1.807, 2.05) is 36.4 Å². The van der Waals surface area contributed by atoms with Crippen LogP contribution < -0.4 is 15.0 Å². The van der Waals surface area contributed by atoms with Crippen LogP contribution in [0.1, 0.15) is 37.1 Å². The van der Waals surface area contributed by atoms with Gasteiger partial charge in [-0.2, -0.15) is 0 Å². The van der Waals surface area contributed by atoms with Crippen LogP contribution in [0.15, 0.2) is 54.9 Å². The van der Waals surface area contributed by atoms with Gasteiger partial charge in [-0.05, 0) is 43.2 Å². The molecule has 0 radical (unpaired) electrons. The van der Waals surface area contributed by atoms with Gasteiger partial charge < -0.3 is 19.5 Å². The van der Waals surface area contributed by atoms with E-state index in [-0.39, 0.29) is 5.91 Å². The zero-order valence-electron chi connectivity index (χ0n) is 18.1. The van der Waals surface area contributed by atoms with Crippen LogP contribution in [0.2, 0.25) is 0 Å². The van der Waals surface area contributed by atoms with Gasteiger partial charge >= 0.3 is 0 Å². The average Bonchev–Trinajstić information content (AvgIpc) is 3.28. The third-order valence-corrected chi connectivity index (χ3v) is 5.88. The zero-order valence-corrected chi connectivity index (χ0v) is 18.1. The summed E-state index contributed by atoms with van der Waals surface area (Å²) in [5.74, 6) is 2.29. The first kappa shape index (κ1) is 20.9. The molecule has 1 N–H and O–H groups in total. The number of aromatic nitrogens is 3. The first-order chi connectivity index (χ1) is 15.2. The van der Waals surface area contributed by atoms with Crippen molar-refractivity contribution in [2.45, 2.75) is 38.6 Å². The maximum absolute atomic E-state index is 12.6. The molecule has 2 aromatic carbocycles. The highest BCUT2D eigenvalue weighted by molar-refractivity contribution is 5.91. The van der Waals surface area contributed by atoms with Crippen molar-refractivity contribution in [1.29, 1.82) is 0 Å². The Bertz CT molecular complexity index is 1030. The van der Waals surface area contributed by atoms with E-state index < -0.39 is 0 Å². The van der Waals surface area contributed by atoms with E-state index in [4.69, 9.17) is 4.74 Å². The molecule has 0 bridgehead atoms. The smallest absolute Gasteiger partial charge is 0.226 e. The highest BCUT2D eigenvalue weighted by atomic mass is 16.5. The molecule has 3 aromatic rings. The van der Waals surface area contributed by atoms with Crippen LogP contribution in [0, 0.1) is 0 Å². The molecular weight excluding hydrogens is 390 g/mol. The molecule has 31 heavy (non-hydrogen) atoms. The van der Waals surface area contributed by atoms with E-state index in [0.717, 1.165) is 48.9 Å². The monoisotopic (exact) mass is 419 g/mol. The van der Waals surface area contributed by atoms with Crippen molar-refractivity contribution in [2.24, 2.45) is 0 Å². The van der Waals surface area contributed by atoms with E-state index in [0.29, 0.717) is 18.9 Å². The van der Waals surface area contributed by atoms with Crippen LogP contribution in [0.3, 0.4) is 0 Å². The molecule has 0 fully saturated rings. The Balaban J connectivity index is 1.35. The van der Waals surface area contributed by atoms with E-state index in [1.165, 1.54) is 5.56 Å². The third-order valence-electron chi connectivity index (χ3n) is 5.88. The molecular formula is C24H29N5O2. The van der Waals surface area contributed by atoms with Crippen LogP contribution in [0.4, 0.5) is 11.4 Å². The number of ether oxygens (including phenoxy) is 1. The molecule has 7 nitrogen and oxygen atoms in total. The number of rotatable bonds is 8. The van der Waals surface area contributed by atoms with Gasteiger partial charge in [0.05, 0.1) is 7.11 Å². The maximum Gasteiger partial charge on any atom is 0.226 e. The van der Waals surface area contributed by atoms with Crippen molar-refractivity contribution in [1.82, 2.24) is 14.8 Å². The number of anilines is 2. The van der Waals surface area contributed by atoms with E-state index >= 15 is 0 Å². The first-order valence-electron chi connectivity index (χ1n) is 10.8. The Hall–Kier alpha value is -3.35.